The number of hydrogen-bond donors (Lipinski definition) is 2. The molecule has 1 rings (SSSR count). The quantitative estimate of drug-likeness (QED) is 0.375. The van der Waals surface area contributed by atoms with Gasteiger partial charge in [-0.05, 0) is 39.3 Å². The van der Waals surface area contributed by atoms with Gasteiger partial charge in [0.1, 0.15) is 0 Å². The Morgan fingerprint density at radius 1 is 1.54 bits per heavy atom. The molecule has 0 aliphatic carbocycles. The van der Waals surface area contributed by atoms with E-state index in [4.69, 9.17) is 5.84 Å². The van der Waals surface area contributed by atoms with Crippen LogP contribution in [0, 0.1) is 0 Å². The lowest BCUT2D eigenvalue weighted by Crippen LogP contribution is -2.34. The molecule has 0 aromatic heterocycles. The number of carbonyl (C=O) groups is 1. The van der Waals surface area contributed by atoms with E-state index in [9.17, 15) is 4.79 Å². The number of likely N-dealkylation sites (tertiary alicyclic amines) is 1. The van der Waals surface area contributed by atoms with Crippen LogP contribution in [-0.4, -0.2) is 29.9 Å². The molecule has 1 fully saturated rings. The molecule has 1 atom stereocenters. The molecule has 4 heteroatoms. The maximum absolute atomic E-state index is 10.9. The number of nitrogens with one attached hydrogen (secondary N) is 1. The molecule has 0 spiro atoms. The van der Waals surface area contributed by atoms with E-state index in [0.29, 0.717) is 12.5 Å². The van der Waals surface area contributed by atoms with Crippen molar-refractivity contribution < 1.29 is 4.79 Å². The van der Waals surface area contributed by atoms with Crippen LogP contribution in [0.15, 0.2) is 0 Å². The maximum Gasteiger partial charge on any atom is 0.233 e. The Morgan fingerprint density at radius 3 is 2.69 bits per heavy atom. The molecule has 0 radical (unpaired) electrons. The highest BCUT2D eigenvalue weighted by atomic mass is 16.2. The van der Waals surface area contributed by atoms with Gasteiger partial charge in [-0.1, -0.05) is 0 Å². The minimum absolute atomic E-state index is 0.0638. The number of nitrogens with zero attached hydrogens (tertiary/aromatic N) is 1. The second-order valence-corrected chi connectivity index (χ2v) is 3.70. The van der Waals surface area contributed by atoms with Gasteiger partial charge < -0.3 is 4.90 Å². The second-order valence-electron chi connectivity index (χ2n) is 3.70. The molecule has 76 valence electrons. The predicted octanol–water partition coefficient (Wildman–Crippen LogP) is 0.241. The van der Waals surface area contributed by atoms with Crippen molar-refractivity contribution in [2.24, 2.45) is 5.84 Å². The smallest absolute Gasteiger partial charge is 0.233 e. The second kappa shape index (κ2) is 5.19. The Kier molecular flexibility index (Phi) is 4.18. The topological polar surface area (TPSA) is 58.4 Å². The molecule has 0 aromatic rings. The van der Waals surface area contributed by atoms with E-state index in [1.54, 1.807) is 0 Å². The maximum atomic E-state index is 10.9. The van der Waals surface area contributed by atoms with Crippen LogP contribution >= 0.6 is 0 Å². The van der Waals surface area contributed by atoms with Crippen LogP contribution in [0.1, 0.15) is 32.6 Å². The van der Waals surface area contributed by atoms with E-state index in [-0.39, 0.29) is 5.91 Å². The summed E-state index contributed by atoms with van der Waals surface area (Å²) in [6.07, 6.45) is 4.04. The van der Waals surface area contributed by atoms with Crippen LogP contribution in [-0.2, 0) is 4.79 Å². The van der Waals surface area contributed by atoms with Gasteiger partial charge in [-0.2, -0.15) is 0 Å². The highest BCUT2D eigenvalue weighted by molar-refractivity contribution is 5.75. The molecule has 0 bridgehead atoms. The van der Waals surface area contributed by atoms with Crippen LogP contribution in [0.25, 0.3) is 0 Å². The Hall–Kier alpha value is -0.610. The van der Waals surface area contributed by atoms with Crippen molar-refractivity contribution in [3.05, 3.63) is 0 Å². The lowest BCUT2D eigenvalue weighted by atomic mass is 10.1. The summed E-state index contributed by atoms with van der Waals surface area (Å²) in [6.45, 7) is 4.55. The Balaban J connectivity index is 2.16. The molecule has 3 N–H and O–H groups in total. The average molecular weight is 185 g/mol. The Labute approximate surface area is 79.4 Å². The van der Waals surface area contributed by atoms with Gasteiger partial charge >= 0.3 is 0 Å². The van der Waals surface area contributed by atoms with Crippen molar-refractivity contribution in [1.82, 2.24) is 10.3 Å². The number of carbonyl (C=O) groups excluding carboxylic acids is 1. The third-order valence-corrected chi connectivity index (χ3v) is 2.71. The lowest BCUT2D eigenvalue weighted by molar-refractivity contribution is -0.121. The minimum atomic E-state index is -0.0638. The number of hydrazine groups is 1. The fraction of sp³-hybridized carbons (Fsp3) is 0.889. The van der Waals surface area contributed by atoms with Gasteiger partial charge in [-0.15, -0.1) is 0 Å². The van der Waals surface area contributed by atoms with E-state index < -0.39 is 0 Å². The molecule has 1 amide bonds. The van der Waals surface area contributed by atoms with Crippen molar-refractivity contribution in [2.45, 2.75) is 38.6 Å². The summed E-state index contributed by atoms with van der Waals surface area (Å²) in [4.78, 5) is 13.3. The first-order chi connectivity index (χ1) is 6.24. The molecular weight excluding hydrogens is 166 g/mol. The summed E-state index contributed by atoms with van der Waals surface area (Å²) in [6, 6.07) is 0.514. The van der Waals surface area contributed by atoms with Gasteiger partial charge in [0.25, 0.3) is 0 Å². The molecular formula is C9H19N3O. The van der Waals surface area contributed by atoms with Crippen molar-refractivity contribution in [2.75, 3.05) is 13.1 Å². The van der Waals surface area contributed by atoms with E-state index in [1.165, 1.54) is 25.9 Å². The molecule has 0 aromatic carbocycles. The van der Waals surface area contributed by atoms with Crippen molar-refractivity contribution in [3.63, 3.8) is 0 Å². The van der Waals surface area contributed by atoms with E-state index >= 15 is 0 Å². The summed E-state index contributed by atoms with van der Waals surface area (Å²) >= 11 is 0. The number of amides is 1. The Morgan fingerprint density at radius 2 is 2.15 bits per heavy atom. The number of nitrogens with two attached hydrogens (primary N) is 1. The normalized spacial score (nSPS) is 20.2. The van der Waals surface area contributed by atoms with Crippen molar-refractivity contribution >= 4 is 5.91 Å². The van der Waals surface area contributed by atoms with Crippen LogP contribution in [0.3, 0.4) is 0 Å². The predicted molar refractivity (Wildman–Crippen MR) is 51.8 cm³/mol. The molecule has 4 nitrogen and oxygen atoms in total. The summed E-state index contributed by atoms with van der Waals surface area (Å²) in [7, 11) is 0. The molecule has 1 aliphatic heterocycles. The third-order valence-electron chi connectivity index (χ3n) is 2.71. The molecule has 1 aliphatic rings. The SMILES string of the molecule is CC(CCC(=O)NN)N1CCCC1. The summed E-state index contributed by atoms with van der Waals surface area (Å²) in [5.41, 5.74) is 2.15. The van der Waals surface area contributed by atoms with Gasteiger partial charge in [0.15, 0.2) is 0 Å². The molecule has 13 heavy (non-hydrogen) atoms. The van der Waals surface area contributed by atoms with Crippen molar-refractivity contribution in [3.8, 4) is 0 Å². The first-order valence-corrected chi connectivity index (χ1v) is 4.97. The molecule has 1 heterocycles. The van der Waals surface area contributed by atoms with E-state index in [0.717, 1.165) is 6.42 Å². The van der Waals surface area contributed by atoms with Gasteiger partial charge in [0.2, 0.25) is 5.91 Å². The van der Waals surface area contributed by atoms with Crippen LogP contribution < -0.4 is 11.3 Å². The summed E-state index contributed by atoms with van der Waals surface area (Å²) in [5, 5.41) is 0. The van der Waals surface area contributed by atoms with Crippen LogP contribution in [0.4, 0.5) is 0 Å². The molecule has 1 saturated heterocycles. The average Bonchev–Trinajstić information content (AvgIpc) is 2.66. The highest BCUT2D eigenvalue weighted by Gasteiger charge is 2.18. The third kappa shape index (κ3) is 3.32. The lowest BCUT2D eigenvalue weighted by Gasteiger charge is -2.23. The van der Waals surface area contributed by atoms with E-state index in [1.807, 2.05) is 0 Å². The fourth-order valence-corrected chi connectivity index (χ4v) is 1.78. The highest BCUT2D eigenvalue weighted by Crippen LogP contribution is 2.14. The first-order valence-electron chi connectivity index (χ1n) is 4.97. The van der Waals surface area contributed by atoms with Gasteiger partial charge in [-0.3, -0.25) is 10.2 Å². The zero-order chi connectivity index (χ0) is 9.68. The van der Waals surface area contributed by atoms with Crippen LogP contribution in [0.5, 0.6) is 0 Å². The monoisotopic (exact) mass is 185 g/mol. The van der Waals surface area contributed by atoms with Gasteiger partial charge in [0, 0.05) is 12.5 Å². The van der Waals surface area contributed by atoms with Crippen molar-refractivity contribution in [1.29, 1.82) is 0 Å². The fourth-order valence-electron chi connectivity index (χ4n) is 1.78. The minimum Gasteiger partial charge on any atom is -0.301 e. The van der Waals surface area contributed by atoms with Crippen LogP contribution in [0.2, 0.25) is 0 Å². The Bertz CT molecular complexity index is 166. The number of hydrogen-bond acceptors (Lipinski definition) is 3. The van der Waals surface area contributed by atoms with Gasteiger partial charge in [-0.25, -0.2) is 5.84 Å². The largest absolute Gasteiger partial charge is 0.301 e. The molecule has 1 unspecified atom stereocenters. The summed E-state index contributed by atoms with van der Waals surface area (Å²) in [5.74, 6) is 4.93. The van der Waals surface area contributed by atoms with E-state index in [2.05, 4.69) is 17.2 Å². The number of rotatable bonds is 4. The zero-order valence-electron chi connectivity index (χ0n) is 8.25. The first kappa shape index (κ1) is 10.5. The standard InChI is InChI=1S/C9H19N3O/c1-8(4-5-9(13)11-10)12-6-2-3-7-12/h8H,2-7,10H2,1H3,(H,11,13). The molecule has 0 saturated carbocycles. The van der Waals surface area contributed by atoms with Gasteiger partial charge in [0.05, 0.1) is 0 Å². The zero-order valence-corrected chi connectivity index (χ0v) is 8.25. The summed E-state index contributed by atoms with van der Waals surface area (Å²) < 4.78 is 0.